The molecule has 9 nitrogen and oxygen atoms in total. The van der Waals surface area contributed by atoms with Crippen LogP contribution in [-0.4, -0.2) is 48.2 Å². The Morgan fingerprint density at radius 2 is 1.53 bits per heavy atom. The van der Waals surface area contributed by atoms with Crippen molar-refractivity contribution in [3.8, 4) is 5.69 Å². The molecule has 11 heteroatoms. The molecule has 6 rings (SSSR count). The van der Waals surface area contributed by atoms with E-state index in [2.05, 4.69) is 46.8 Å². The van der Waals surface area contributed by atoms with Gasteiger partial charge in [-0.2, -0.15) is 5.10 Å². The highest BCUT2D eigenvalue weighted by molar-refractivity contribution is 8.13. The van der Waals surface area contributed by atoms with E-state index in [9.17, 15) is 13.2 Å². The first-order valence-electron chi connectivity index (χ1n) is 16.0. The van der Waals surface area contributed by atoms with Gasteiger partial charge >= 0.3 is 0 Å². The molecule has 0 unspecified atom stereocenters. The molecule has 2 heterocycles. The minimum atomic E-state index is -3.97. The first-order valence-corrected chi connectivity index (χ1v) is 18.3. The number of aromatic nitrogens is 2. The maximum atomic E-state index is 14.1. The molecule has 1 amide bonds. The van der Waals surface area contributed by atoms with Crippen molar-refractivity contribution in [2.24, 2.45) is 4.99 Å². The number of rotatable bonds is 11. The van der Waals surface area contributed by atoms with Crippen molar-refractivity contribution in [2.45, 2.75) is 37.1 Å². The van der Waals surface area contributed by atoms with Crippen LogP contribution in [0.1, 0.15) is 48.9 Å². The van der Waals surface area contributed by atoms with Crippen molar-refractivity contribution < 1.29 is 18.0 Å². The number of hydrogen-bond acceptors (Lipinski definition) is 6. The number of hydroxylamine groups is 2. The zero-order valence-electron chi connectivity index (χ0n) is 27.2. The number of fused-ring (bicyclic) bond motifs is 1. The summed E-state index contributed by atoms with van der Waals surface area (Å²) in [5.74, 6) is 0.299. The van der Waals surface area contributed by atoms with Crippen LogP contribution < -0.4 is 5.32 Å². The third kappa shape index (κ3) is 7.22. The van der Waals surface area contributed by atoms with E-state index in [0.29, 0.717) is 35.9 Å². The van der Waals surface area contributed by atoms with E-state index in [4.69, 9.17) is 20.5 Å². The SMILES string of the molecule is CCCN(OCC)C(=O)C1=Cc2ccc(-n3cc(S(=O)(=O)Cl)cn3)cc2NC(=NC(c2ccccc2)(c2ccccc2)c2ccccc2)C1. The van der Waals surface area contributed by atoms with E-state index < -0.39 is 14.6 Å². The molecule has 1 aliphatic heterocycles. The molecule has 0 bridgehead atoms. The number of amidine groups is 1. The van der Waals surface area contributed by atoms with E-state index in [0.717, 1.165) is 28.7 Å². The molecule has 0 saturated carbocycles. The van der Waals surface area contributed by atoms with E-state index in [-0.39, 0.29) is 17.2 Å². The molecule has 1 aliphatic rings. The lowest BCUT2D eigenvalue weighted by Crippen LogP contribution is -2.34. The summed E-state index contributed by atoms with van der Waals surface area (Å²) in [5, 5.41) is 9.21. The maximum Gasteiger partial charge on any atom is 0.273 e. The van der Waals surface area contributed by atoms with Crippen LogP contribution in [0.5, 0.6) is 0 Å². The van der Waals surface area contributed by atoms with Crippen molar-refractivity contribution in [1.82, 2.24) is 14.8 Å². The van der Waals surface area contributed by atoms with E-state index in [1.165, 1.54) is 22.1 Å². The molecule has 0 fully saturated rings. The molecule has 1 N–H and O–H groups in total. The highest BCUT2D eigenvalue weighted by Gasteiger charge is 2.37. The van der Waals surface area contributed by atoms with Crippen molar-refractivity contribution in [1.29, 1.82) is 0 Å². The van der Waals surface area contributed by atoms with Crippen LogP contribution in [0.15, 0.2) is 137 Å². The number of halogens is 1. The Kier molecular flexibility index (Phi) is 10.1. The largest absolute Gasteiger partial charge is 0.343 e. The van der Waals surface area contributed by atoms with Crippen LogP contribution in [-0.2, 0) is 24.2 Å². The summed E-state index contributed by atoms with van der Waals surface area (Å²) in [6, 6.07) is 35.8. The molecule has 0 atom stereocenters. The van der Waals surface area contributed by atoms with Gasteiger partial charge in [0, 0.05) is 34.9 Å². The number of anilines is 1. The van der Waals surface area contributed by atoms with Gasteiger partial charge in [0.1, 0.15) is 16.3 Å². The first kappa shape index (κ1) is 33.9. The summed E-state index contributed by atoms with van der Waals surface area (Å²) in [6.45, 7) is 4.63. The van der Waals surface area contributed by atoms with Crippen molar-refractivity contribution in [3.63, 3.8) is 0 Å². The van der Waals surface area contributed by atoms with Crippen molar-refractivity contribution in [3.05, 3.63) is 149 Å². The fourth-order valence-corrected chi connectivity index (χ4v) is 6.63. The normalized spacial score (nSPS) is 14.0. The Bertz CT molecular complexity index is 2000. The quantitative estimate of drug-likeness (QED) is 0.0869. The summed E-state index contributed by atoms with van der Waals surface area (Å²) in [5.41, 5.74) is 4.34. The predicted molar refractivity (Wildman–Crippen MR) is 193 cm³/mol. The van der Waals surface area contributed by atoms with Crippen LogP contribution in [0.3, 0.4) is 0 Å². The molecule has 1 aromatic heterocycles. The number of aliphatic imine (C=N–C) groups is 1. The molecular formula is C38H36ClN5O4S. The molecule has 0 saturated heterocycles. The van der Waals surface area contributed by atoms with Gasteiger partial charge in [-0.05, 0) is 53.8 Å². The lowest BCUT2D eigenvalue weighted by molar-refractivity contribution is -0.180. The molecule has 0 aliphatic carbocycles. The molecular weight excluding hydrogens is 658 g/mol. The van der Waals surface area contributed by atoms with E-state index in [1.807, 2.05) is 86.7 Å². The number of nitrogens with one attached hydrogen (secondary N) is 1. The molecule has 0 spiro atoms. The Labute approximate surface area is 290 Å². The van der Waals surface area contributed by atoms with Gasteiger partial charge in [0.25, 0.3) is 15.0 Å². The number of amides is 1. The minimum absolute atomic E-state index is 0.114. The Morgan fingerprint density at radius 1 is 0.939 bits per heavy atom. The fourth-order valence-electron chi connectivity index (χ4n) is 6.00. The van der Waals surface area contributed by atoms with Crippen LogP contribution in [0, 0.1) is 0 Å². The summed E-state index contributed by atoms with van der Waals surface area (Å²) < 4.78 is 25.4. The van der Waals surface area contributed by atoms with Crippen molar-refractivity contribution in [2.75, 3.05) is 18.5 Å². The fraction of sp³-hybridized carbons (Fsp3) is 0.184. The Hall–Kier alpha value is -5.03. The van der Waals surface area contributed by atoms with Gasteiger partial charge in [-0.1, -0.05) is 104 Å². The van der Waals surface area contributed by atoms with Crippen LogP contribution in [0.25, 0.3) is 11.8 Å². The summed E-state index contributed by atoms with van der Waals surface area (Å²) in [4.78, 5) is 25.4. The summed E-state index contributed by atoms with van der Waals surface area (Å²) in [6.07, 6.45) is 5.32. The topological polar surface area (TPSA) is 106 Å². The smallest absolute Gasteiger partial charge is 0.273 e. The van der Waals surface area contributed by atoms with Crippen LogP contribution >= 0.6 is 10.7 Å². The first-order chi connectivity index (χ1) is 23.7. The number of nitrogens with zero attached hydrogens (tertiary/aromatic N) is 4. The summed E-state index contributed by atoms with van der Waals surface area (Å²) in [7, 11) is 1.62. The average Bonchev–Trinajstić information content (AvgIpc) is 3.56. The number of carbonyl (C=O) groups is 1. The Morgan fingerprint density at radius 3 is 2.04 bits per heavy atom. The average molecular weight is 694 g/mol. The van der Waals surface area contributed by atoms with Crippen LogP contribution in [0.2, 0.25) is 0 Å². The zero-order valence-corrected chi connectivity index (χ0v) is 28.7. The van der Waals surface area contributed by atoms with E-state index in [1.54, 1.807) is 6.07 Å². The summed E-state index contributed by atoms with van der Waals surface area (Å²) >= 11 is 0. The monoisotopic (exact) mass is 693 g/mol. The van der Waals surface area contributed by atoms with E-state index >= 15 is 0 Å². The second-order valence-electron chi connectivity index (χ2n) is 11.5. The van der Waals surface area contributed by atoms with Gasteiger partial charge < -0.3 is 5.32 Å². The van der Waals surface area contributed by atoms with Gasteiger partial charge in [0.05, 0.1) is 24.7 Å². The number of benzene rings is 4. The molecule has 49 heavy (non-hydrogen) atoms. The van der Waals surface area contributed by atoms with Crippen molar-refractivity contribution >= 4 is 43.2 Å². The highest BCUT2D eigenvalue weighted by Crippen LogP contribution is 2.42. The third-order valence-electron chi connectivity index (χ3n) is 8.20. The van der Waals surface area contributed by atoms with Gasteiger partial charge in [0.15, 0.2) is 0 Å². The second-order valence-corrected chi connectivity index (χ2v) is 14.1. The highest BCUT2D eigenvalue weighted by atomic mass is 35.7. The lowest BCUT2D eigenvalue weighted by Gasteiger charge is -2.33. The van der Waals surface area contributed by atoms with Gasteiger partial charge in [-0.15, -0.1) is 0 Å². The third-order valence-corrected chi connectivity index (χ3v) is 9.51. The number of carbonyl (C=O) groups excluding carboxylic acids is 1. The minimum Gasteiger partial charge on any atom is -0.343 e. The standard InChI is InChI=1S/C38H36ClN5O4S/c1-3-22-44(48-4-2)37(45)29-23-28-20-21-33(43-27-34(26-40-43)49(39,46)47)25-35(28)41-36(24-29)42-38(30-14-8-5-9-15-30,31-16-10-6-11-17-31)32-18-12-7-13-19-32/h5-21,23,25-27H,3-4,22,24H2,1-2H3,(H,41,42). The lowest BCUT2D eigenvalue weighted by atomic mass is 9.77. The van der Waals surface area contributed by atoms with Gasteiger partial charge in [0.2, 0.25) is 0 Å². The van der Waals surface area contributed by atoms with Gasteiger partial charge in [-0.3, -0.25) is 14.6 Å². The molecule has 5 aromatic rings. The molecule has 0 radical (unpaired) electrons. The second kappa shape index (κ2) is 14.6. The predicted octanol–water partition coefficient (Wildman–Crippen LogP) is 7.58. The number of hydrogen-bond donors (Lipinski definition) is 1. The molecule has 4 aromatic carbocycles. The maximum absolute atomic E-state index is 14.1. The zero-order chi connectivity index (χ0) is 34.4. The van der Waals surface area contributed by atoms with Gasteiger partial charge in [-0.25, -0.2) is 18.2 Å². The van der Waals surface area contributed by atoms with Crippen LogP contribution in [0.4, 0.5) is 5.69 Å². The molecule has 250 valence electrons. The Balaban J connectivity index is 1.57.